The Morgan fingerprint density at radius 1 is 1.04 bits per heavy atom. The minimum atomic E-state index is -1.55. The summed E-state index contributed by atoms with van der Waals surface area (Å²) < 4.78 is 44.9. The van der Waals surface area contributed by atoms with E-state index in [1.54, 1.807) is 24.5 Å². The summed E-state index contributed by atoms with van der Waals surface area (Å²) in [5.41, 5.74) is -0.257. The van der Waals surface area contributed by atoms with Crippen molar-refractivity contribution in [2.75, 3.05) is 10.6 Å². The second kappa shape index (κ2) is 6.39. The molecular formula is C15H11F3N4O. The maximum Gasteiger partial charge on any atom is 0.229 e. The monoisotopic (exact) mass is 320 g/mol. The van der Waals surface area contributed by atoms with Crippen molar-refractivity contribution in [3.8, 4) is 0 Å². The van der Waals surface area contributed by atoms with Gasteiger partial charge in [-0.3, -0.25) is 0 Å². The van der Waals surface area contributed by atoms with E-state index in [1.807, 2.05) is 0 Å². The summed E-state index contributed by atoms with van der Waals surface area (Å²) in [4.78, 5) is 8.01. The number of hydrogen-bond acceptors (Lipinski definition) is 5. The molecule has 5 nitrogen and oxygen atoms in total. The maximum absolute atomic E-state index is 13.6. The van der Waals surface area contributed by atoms with Crippen molar-refractivity contribution >= 4 is 17.5 Å². The molecule has 0 unspecified atom stereocenters. The maximum atomic E-state index is 13.6. The van der Waals surface area contributed by atoms with Crippen LogP contribution in [0.15, 0.2) is 47.2 Å². The van der Waals surface area contributed by atoms with Crippen molar-refractivity contribution in [1.82, 2.24) is 9.97 Å². The van der Waals surface area contributed by atoms with Crippen LogP contribution >= 0.6 is 0 Å². The molecule has 1 aromatic carbocycles. The highest BCUT2D eigenvalue weighted by Crippen LogP contribution is 2.22. The molecule has 0 fully saturated rings. The van der Waals surface area contributed by atoms with Crippen LogP contribution < -0.4 is 10.6 Å². The lowest BCUT2D eigenvalue weighted by Crippen LogP contribution is -2.05. The first-order valence-corrected chi connectivity index (χ1v) is 6.63. The van der Waals surface area contributed by atoms with E-state index in [9.17, 15) is 13.2 Å². The molecule has 0 aliphatic rings. The first-order chi connectivity index (χ1) is 11.1. The van der Waals surface area contributed by atoms with Crippen molar-refractivity contribution < 1.29 is 17.6 Å². The summed E-state index contributed by atoms with van der Waals surface area (Å²) in [6.07, 6.45) is 2.99. The molecule has 0 saturated carbocycles. The average molecular weight is 320 g/mol. The van der Waals surface area contributed by atoms with Crippen molar-refractivity contribution in [3.05, 3.63) is 66.0 Å². The van der Waals surface area contributed by atoms with Gasteiger partial charge in [-0.05, 0) is 30.3 Å². The third-order valence-electron chi connectivity index (χ3n) is 2.96. The summed E-state index contributed by atoms with van der Waals surface area (Å²) in [6, 6.07) is 7.05. The lowest BCUT2D eigenvalue weighted by molar-refractivity contribution is 0.449. The lowest BCUT2D eigenvalue weighted by atomic mass is 10.3. The first-order valence-electron chi connectivity index (χ1n) is 6.63. The minimum Gasteiger partial charge on any atom is -0.467 e. The number of hydrogen-bond donors (Lipinski definition) is 2. The molecule has 0 radical (unpaired) electrons. The summed E-state index contributed by atoms with van der Waals surface area (Å²) >= 11 is 0. The number of benzene rings is 1. The van der Waals surface area contributed by atoms with Gasteiger partial charge in [-0.15, -0.1) is 0 Å². The number of nitrogens with zero attached hydrogens (tertiary/aromatic N) is 2. The fourth-order valence-electron chi connectivity index (χ4n) is 1.85. The van der Waals surface area contributed by atoms with Crippen molar-refractivity contribution in [2.24, 2.45) is 0 Å². The molecule has 0 aliphatic carbocycles. The van der Waals surface area contributed by atoms with Gasteiger partial charge in [0.25, 0.3) is 0 Å². The first kappa shape index (κ1) is 14.9. The molecule has 0 amide bonds. The third-order valence-corrected chi connectivity index (χ3v) is 2.96. The lowest BCUT2D eigenvalue weighted by Gasteiger charge is -2.09. The zero-order valence-electron chi connectivity index (χ0n) is 11.7. The van der Waals surface area contributed by atoms with Crippen molar-refractivity contribution in [2.45, 2.75) is 6.54 Å². The van der Waals surface area contributed by atoms with Gasteiger partial charge in [-0.1, -0.05) is 0 Å². The van der Waals surface area contributed by atoms with Crippen LogP contribution in [0.25, 0.3) is 0 Å². The normalized spacial score (nSPS) is 10.6. The second-order valence-corrected chi connectivity index (χ2v) is 4.55. The van der Waals surface area contributed by atoms with E-state index in [2.05, 4.69) is 20.6 Å². The molecule has 8 heteroatoms. The Bertz CT molecular complexity index is 808. The average Bonchev–Trinajstić information content (AvgIpc) is 3.07. The number of rotatable bonds is 5. The molecule has 3 aromatic rings. The summed E-state index contributed by atoms with van der Waals surface area (Å²) in [5.74, 6) is -2.93. The topological polar surface area (TPSA) is 63.0 Å². The van der Waals surface area contributed by atoms with Gasteiger partial charge < -0.3 is 15.1 Å². The Kier molecular flexibility index (Phi) is 4.13. The Hall–Kier alpha value is -3.03. The summed E-state index contributed by atoms with van der Waals surface area (Å²) in [6.45, 7) is 0.406. The van der Waals surface area contributed by atoms with Crippen LogP contribution in [0.3, 0.4) is 0 Å². The van der Waals surface area contributed by atoms with Crippen LogP contribution in [0.2, 0.25) is 0 Å². The summed E-state index contributed by atoms with van der Waals surface area (Å²) in [7, 11) is 0. The molecule has 118 valence electrons. The van der Waals surface area contributed by atoms with Gasteiger partial charge in [0.05, 0.1) is 18.5 Å². The largest absolute Gasteiger partial charge is 0.467 e. The third kappa shape index (κ3) is 3.42. The van der Waals surface area contributed by atoms with Gasteiger partial charge >= 0.3 is 0 Å². The van der Waals surface area contributed by atoms with E-state index in [1.165, 1.54) is 6.20 Å². The molecule has 0 spiro atoms. The highest BCUT2D eigenvalue weighted by atomic mass is 19.2. The number of anilines is 3. The van der Waals surface area contributed by atoms with Crippen LogP contribution in [0, 0.1) is 17.5 Å². The Morgan fingerprint density at radius 3 is 2.70 bits per heavy atom. The highest BCUT2D eigenvalue weighted by molar-refractivity contribution is 5.55. The Balaban J connectivity index is 1.74. The van der Waals surface area contributed by atoms with Gasteiger partial charge in [0.1, 0.15) is 11.6 Å². The van der Waals surface area contributed by atoms with E-state index >= 15 is 0 Å². The van der Waals surface area contributed by atoms with Crippen molar-refractivity contribution in [3.63, 3.8) is 0 Å². The van der Waals surface area contributed by atoms with Gasteiger partial charge in [0, 0.05) is 6.20 Å². The molecule has 3 rings (SSSR count). The predicted molar refractivity (Wildman–Crippen MR) is 77.7 cm³/mol. The fourth-order valence-corrected chi connectivity index (χ4v) is 1.85. The van der Waals surface area contributed by atoms with Crippen LogP contribution in [0.1, 0.15) is 5.76 Å². The summed E-state index contributed by atoms with van der Waals surface area (Å²) in [5, 5.41) is 5.50. The number of furan rings is 1. The van der Waals surface area contributed by atoms with E-state index in [0.717, 1.165) is 12.1 Å². The standard InChI is InChI=1S/C15H11F3N4O/c16-10-3-4-11(14(18)13(10)17)21-15-19-6-5-12(22-15)20-8-9-2-1-7-23-9/h1-7H,8H2,(H2,19,20,21,22). The SMILES string of the molecule is Fc1ccc(Nc2nccc(NCc3ccco3)n2)c(F)c1F. The van der Waals surface area contributed by atoms with Gasteiger partial charge in [-0.25, -0.2) is 18.2 Å². The van der Waals surface area contributed by atoms with E-state index in [-0.39, 0.29) is 11.6 Å². The van der Waals surface area contributed by atoms with Crippen LogP contribution in [-0.4, -0.2) is 9.97 Å². The highest BCUT2D eigenvalue weighted by Gasteiger charge is 2.14. The molecule has 0 bridgehead atoms. The van der Waals surface area contributed by atoms with Crippen LogP contribution in [-0.2, 0) is 6.54 Å². The molecule has 0 aliphatic heterocycles. The van der Waals surface area contributed by atoms with Crippen molar-refractivity contribution in [1.29, 1.82) is 0 Å². The molecule has 2 aromatic heterocycles. The second-order valence-electron chi connectivity index (χ2n) is 4.55. The molecule has 0 saturated heterocycles. The Morgan fingerprint density at radius 2 is 1.91 bits per heavy atom. The Labute approximate surface area is 129 Å². The number of halogens is 3. The fraction of sp³-hybridized carbons (Fsp3) is 0.0667. The van der Waals surface area contributed by atoms with Gasteiger partial charge in [0.15, 0.2) is 17.5 Å². The molecule has 23 heavy (non-hydrogen) atoms. The zero-order chi connectivity index (χ0) is 16.2. The van der Waals surface area contributed by atoms with Crippen LogP contribution in [0.4, 0.5) is 30.6 Å². The predicted octanol–water partition coefficient (Wildman–Crippen LogP) is 3.84. The van der Waals surface area contributed by atoms with Gasteiger partial charge in [0.2, 0.25) is 5.95 Å². The van der Waals surface area contributed by atoms with E-state index < -0.39 is 17.5 Å². The van der Waals surface area contributed by atoms with E-state index in [0.29, 0.717) is 18.1 Å². The van der Waals surface area contributed by atoms with E-state index in [4.69, 9.17) is 4.42 Å². The molecular weight excluding hydrogens is 309 g/mol. The van der Waals surface area contributed by atoms with Gasteiger partial charge in [-0.2, -0.15) is 4.98 Å². The van der Waals surface area contributed by atoms with Crippen LogP contribution in [0.5, 0.6) is 0 Å². The minimum absolute atomic E-state index is 0.0411. The number of nitrogens with one attached hydrogen (secondary N) is 2. The molecule has 2 N–H and O–H groups in total. The zero-order valence-corrected chi connectivity index (χ0v) is 11.7. The molecule has 0 atom stereocenters. The quantitative estimate of drug-likeness (QED) is 0.699. The number of aromatic nitrogens is 2. The smallest absolute Gasteiger partial charge is 0.229 e. The molecule has 2 heterocycles.